The van der Waals surface area contributed by atoms with Gasteiger partial charge in [-0.25, -0.2) is 20.0 Å². The van der Waals surface area contributed by atoms with E-state index < -0.39 is 24.3 Å². The van der Waals surface area contributed by atoms with Crippen molar-refractivity contribution in [1.82, 2.24) is 15.8 Å². The summed E-state index contributed by atoms with van der Waals surface area (Å²) in [5, 5.41) is 5.73. The highest BCUT2D eigenvalue weighted by Crippen LogP contribution is 2.25. The van der Waals surface area contributed by atoms with E-state index in [9.17, 15) is 14.4 Å². The van der Waals surface area contributed by atoms with Crippen LogP contribution in [0, 0.1) is 0 Å². The fourth-order valence-electron chi connectivity index (χ4n) is 2.18. The first-order valence-electron chi connectivity index (χ1n) is 8.39. The van der Waals surface area contributed by atoms with Crippen LogP contribution in [0.3, 0.4) is 0 Å². The molecule has 0 aliphatic heterocycles. The third kappa shape index (κ3) is 6.91. The van der Waals surface area contributed by atoms with Gasteiger partial charge in [-0.15, -0.1) is 11.3 Å². The zero-order valence-electron chi connectivity index (χ0n) is 15.9. The molecule has 26 heavy (non-hydrogen) atoms. The lowest BCUT2D eigenvalue weighted by molar-refractivity contribution is -0.120. The van der Waals surface area contributed by atoms with Crippen LogP contribution < -0.4 is 10.7 Å². The van der Waals surface area contributed by atoms with Crippen molar-refractivity contribution in [3.05, 3.63) is 22.4 Å². The second-order valence-electron chi connectivity index (χ2n) is 6.30. The number of amides is 3. The quantitative estimate of drug-likeness (QED) is 0.733. The third-order valence-corrected chi connectivity index (χ3v) is 4.14. The van der Waals surface area contributed by atoms with Crippen LogP contribution in [0.5, 0.6) is 0 Å². The van der Waals surface area contributed by atoms with Crippen LogP contribution in [-0.4, -0.2) is 41.4 Å². The van der Waals surface area contributed by atoms with E-state index in [-0.39, 0.29) is 18.1 Å². The van der Waals surface area contributed by atoms with Crippen molar-refractivity contribution in [3.63, 3.8) is 0 Å². The van der Waals surface area contributed by atoms with Gasteiger partial charge in [-0.3, -0.25) is 4.79 Å². The van der Waals surface area contributed by atoms with Crippen molar-refractivity contribution in [3.8, 4) is 0 Å². The van der Waals surface area contributed by atoms with Crippen molar-refractivity contribution in [2.24, 2.45) is 0 Å². The van der Waals surface area contributed by atoms with Gasteiger partial charge >= 0.3 is 12.2 Å². The molecule has 1 heterocycles. The zero-order valence-corrected chi connectivity index (χ0v) is 16.8. The van der Waals surface area contributed by atoms with Gasteiger partial charge in [0.05, 0.1) is 24.3 Å². The standard InChI is InChI=1S/C17H27N3O5S/c1-10(2)24-16(22)19-20(17(23)25-11(3)4)12(5)15(18-13(6)21)14-8-7-9-26-14/h7-12,15H,1-6H3,(H,18,21)(H,19,22)/t12-,15+/m0/s1. The molecule has 9 heteroatoms. The number of hydrogen-bond donors (Lipinski definition) is 2. The van der Waals surface area contributed by atoms with Gasteiger partial charge in [-0.1, -0.05) is 6.07 Å². The topological polar surface area (TPSA) is 97.0 Å². The Morgan fingerprint density at radius 3 is 2.15 bits per heavy atom. The maximum atomic E-state index is 12.5. The predicted octanol–water partition coefficient (Wildman–Crippen LogP) is 3.21. The Bertz CT molecular complexity index is 604. The first-order chi connectivity index (χ1) is 12.1. The maximum absolute atomic E-state index is 12.5. The van der Waals surface area contributed by atoms with Gasteiger partial charge in [0.15, 0.2) is 0 Å². The second-order valence-corrected chi connectivity index (χ2v) is 7.28. The Hall–Kier alpha value is -2.29. The highest BCUT2D eigenvalue weighted by atomic mass is 32.1. The number of ether oxygens (including phenoxy) is 2. The molecule has 2 N–H and O–H groups in total. The molecular weight excluding hydrogens is 358 g/mol. The maximum Gasteiger partial charge on any atom is 0.429 e. The Kier molecular flexibility index (Phi) is 8.37. The van der Waals surface area contributed by atoms with Gasteiger partial charge in [0.2, 0.25) is 5.91 Å². The largest absolute Gasteiger partial charge is 0.446 e. The lowest BCUT2D eigenvalue weighted by Crippen LogP contribution is -2.56. The summed E-state index contributed by atoms with van der Waals surface area (Å²) < 4.78 is 10.3. The molecule has 0 saturated carbocycles. The number of nitrogens with one attached hydrogen (secondary N) is 2. The molecule has 0 radical (unpaired) electrons. The van der Waals surface area contributed by atoms with E-state index in [0.717, 1.165) is 9.89 Å². The minimum atomic E-state index is -0.777. The molecule has 0 aromatic carbocycles. The summed E-state index contributed by atoms with van der Waals surface area (Å²) in [7, 11) is 0. The third-order valence-electron chi connectivity index (χ3n) is 3.19. The smallest absolute Gasteiger partial charge is 0.429 e. The monoisotopic (exact) mass is 385 g/mol. The van der Waals surface area contributed by atoms with Crippen molar-refractivity contribution >= 4 is 29.4 Å². The molecule has 0 bridgehead atoms. The van der Waals surface area contributed by atoms with Crippen LogP contribution in [0.25, 0.3) is 0 Å². The fraction of sp³-hybridized carbons (Fsp3) is 0.588. The van der Waals surface area contributed by atoms with Gasteiger partial charge in [0.1, 0.15) is 0 Å². The Balaban J connectivity index is 3.09. The molecule has 0 aliphatic carbocycles. The molecule has 3 amide bonds. The Morgan fingerprint density at radius 1 is 1.08 bits per heavy atom. The molecule has 1 aromatic rings. The van der Waals surface area contributed by atoms with Crippen LogP contribution in [0.4, 0.5) is 9.59 Å². The number of nitrogens with zero attached hydrogens (tertiary/aromatic N) is 1. The molecule has 2 atom stereocenters. The van der Waals surface area contributed by atoms with Gasteiger partial charge in [-0.2, -0.15) is 0 Å². The normalized spacial score (nSPS) is 13.1. The van der Waals surface area contributed by atoms with E-state index in [1.807, 2.05) is 17.5 Å². The van der Waals surface area contributed by atoms with Crippen LogP contribution >= 0.6 is 11.3 Å². The highest BCUT2D eigenvalue weighted by Gasteiger charge is 2.33. The van der Waals surface area contributed by atoms with Gasteiger partial charge in [-0.05, 0) is 46.1 Å². The number of hydrazine groups is 1. The second kappa shape index (κ2) is 10.0. The fourth-order valence-corrected chi connectivity index (χ4v) is 3.05. The van der Waals surface area contributed by atoms with Crippen LogP contribution in [0.15, 0.2) is 17.5 Å². The van der Waals surface area contributed by atoms with Gasteiger partial charge in [0.25, 0.3) is 0 Å². The minimum Gasteiger partial charge on any atom is -0.446 e. The lowest BCUT2D eigenvalue weighted by atomic mass is 10.1. The summed E-state index contributed by atoms with van der Waals surface area (Å²) in [5.74, 6) is -0.253. The molecule has 0 aliphatic rings. The average molecular weight is 385 g/mol. The van der Waals surface area contributed by atoms with Crippen molar-refractivity contribution in [1.29, 1.82) is 0 Å². The molecule has 0 saturated heterocycles. The van der Waals surface area contributed by atoms with Crippen LogP contribution in [0.1, 0.15) is 52.5 Å². The molecule has 8 nitrogen and oxygen atoms in total. The van der Waals surface area contributed by atoms with E-state index in [1.54, 1.807) is 34.6 Å². The first kappa shape index (κ1) is 21.8. The van der Waals surface area contributed by atoms with Gasteiger partial charge in [0, 0.05) is 11.8 Å². The van der Waals surface area contributed by atoms with Crippen LogP contribution in [-0.2, 0) is 14.3 Å². The van der Waals surface area contributed by atoms with Crippen molar-refractivity contribution < 1.29 is 23.9 Å². The van der Waals surface area contributed by atoms with Crippen molar-refractivity contribution in [2.45, 2.75) is 65.8 Å². The Morgan fingerprint density at radius 2 is 1.69 bits per heavy atom. The molecule has 0 unspecified atom stereocenters. The van der Waals surface area contributed by atoms with E-state index in [2.05, 4.69) is 10.7 Å². The minimum absolute atomic E-state index is 0.253. The highest BCUT2D eigenvalue weighted by molar-refractivity contribution is 7.10. The average Bonchev–Trinajstić information content (AvgIpc) is 3.02. The first-order valence-corrected chi connectivity index (χ1v) is 9.27. The molecule has 0 fully saturated rings. The lowest BCUT2D eigenvalue weighted by Gasteiger charge is -2.34. The molecule has 0 spiro atoms. The van der Waals surface area contributed by atoms with E-state index >= 15 is 0 Å². The molecule has 1 rings (SSSR count). The summed E-state index contributed by atoms with van der Waals surface area (Å²) in [6.45, 7) is 9.91. The van der Waals surface area contributed by atoms with Crippen molar-refractivity contribution in [2.75, 3.05) is 0 Å². The molecular formula is C17H27N3O5S. The predicted molar refractivity (Wildman–Crippen MR) is 98.5 cm³/mol. The summed E-state index contributed by atoms with van der Waals surface area (Å²) in [5.41, 5.74) is 2.42. The number of thiophene rings is 1. The molecule has 146 valence electrons. The summed E-state index contributed by atoms with van der Waals surface area (Å²) in [4.78, 5) is 37.0. The van der Waals surface area contributed by atoms with E-state index in [4.69, 9.17) is 9.47 Å². The number of rotatable bonds is 6. The zero-order chi connectivity index (χ0) is 19.9. The van der Waals surface area contributed by atoms with Crippen LogP contribution in [0.2, 0.25) is 0 Å². The summed E-state index contributed by atoms with van der Waals surface area (Å²) in [6.07, 6.45) is -2.24. The molecule has 1 aromatic heterocycles. The number of carbonyl (C=O) groups excluding carboxylic acids is 3. The van der Waals surface area contributed by atoms with E-state index in [0.29, 0.717) is 0 Å². The number of hydrogen-bond acceptors (Lipinski definition) is 6. The SMILES string of the molecule is CC(=O)N[C@@H](c1cccs1)[C@H](C)N(NC(=O)OC(C)C)C(=O)OC(C)C. The summed E-state index contributed by atoms with van der Waals surface area (Å²) in [6, 6.07) is 2.55. The Labute approximate surface area is 157 Å². The van der Waals surface area contributed by atoms with E-state index in [1.165, 1.54) is 18.3 Å². The number of carbonyl (C=O) groups is 3. The summed E-state index contributed by atoms with van der Waals surface area (Å²) >= 11 is 1.44. The van der Waals surface area contributed by atoms with Gasteiger partial charge < -0.3 is 14.8 Å².